The summed E-state index contributed by atoms with van der Waals surface area (Å²) in [6.45, 7) is 2.16. The molecule has 1 atom stereocenters. The number of nitrogens with zero attached hydrogens (tertiary/aromatic N) is 1. The van der Waals surface area contributed by atoms with Crippen LogP contribution < -0.4 is 5.32 Å². The van der Waals surface area contributed by atoms with E-state index < -0.39 is 0 Å². The maximum Gasteiger partial charge on any atom is 0.116 e. The Morgan fingerprint density at radius 3 is 2.65 bits per heavy atom. The SMILES string of the molecule is CSc1ccccc1NC(C)c1nc2ccccc2s1. The van der Waals surface area contributed by atoms with Crippen LogP contribution in [0.2, 0.25) is 0 Å². The summed E-state index contributed by atoms with van der Waals surface area (Å²) < 4.78 is 1.24. The quantitative estimate of drug-likeness (QED) is 0.671. The summed E-state index contributed by atoms with van der Waals surface area (Å²) in [5, 5.41) is 4.69. The number of thiazole rings is 1. The predicted octanol–water partition coefficient (Wildman–Crippen LogP) is 5.19. The number of nitrogens with one attached hydrogen (secondary N) is 1. The molecule has 0 aliphatic carbocycles. The molecule has 1 unspecified atom stereocenters. The molecule has 0 saturated carbocycles. The van der Waals surface area contributed by atoms with Crippen LogP contribution in [-0.2, 0) is 0 Å². The van der Waals surface area contributed by atoms with Crippen LogP contribution in [0.15, 0.2) is 53.4 Å². The highest BCUT2D eigenvalue weighted by Gasteiger charge is 2.12. The molecule has 3 rings (SSSR count). The largest absolute Gasteiger partial charge is 0.375 e. The number of hydrogen-bond acceptors (Lipinski definition) is 4. The van der Waals surface area contributed by atoms with Crippen molar-refractivity contribution in [1.82, 2.24) is 4.98 Å². The van der Waals surface area contributed by atoms with E-state index in [0.717, 1.165) is 10.5 Å². The van der Waals surface area contributed by atoms with Crippen LogP contribution in [0.4, 0.5) is 5.69 Å². The van der Waals surface area contributed by atoms with Crippen LogP contribution in [0.25, 0.3) is 10.2 Å². The molecule has 1 N–H and O–H groups in total. The van der Waals surface area contributed by atoms with Crippen LogP contribution in [0, 0.1) is 0 Å². The van der Waals surface area contributed by atoms with Gasteiger partial charge in [-0.05, 0) is 37.4 Å². The van der Waals surface area contributed by atoms with Crippen molar-refractivity contribution in [3.63, 3.8) is 0 Å². The van der Waals surface area contributed by atoms with E-state index in [1.165, 1.54) is 15.3 Å². The predicted molar refractivity (Wildman–Crippen MR) is 89.9 cm³/mol. The number of anilines is 1. The Balaban J connectivity index is 1.87. The van der Waals surface area contributed by atoms with Crippen molar-refractivity contribution in [3.05, 3.63) is 53.5 Å². The molecule has 0 radical (unpaired) electrons. The molecule has 0 saturated heterocycles. The zero-order chi connectivity index (χ0) is 13.9. The van der Waals surface area contributed by atoms with E-state index in [4.69, 9.17) is 4.98 Å². The normalized spacial score (nSPS) is 12.5. The zero-order valence-electron chi connectivity index (χ0n) is 11.5. The van der Waals surface area contributed by atoms with Gasteiger partial charge in [0.2, 0.25) is 0 Å². The molecule has 0 spiro atoms. The van der Waals surface area contributed by atoms with Crippen molar-refractivity contribution in [2.45, 2.75) is 17.9 Å². The Morgan fingerprint density at radius 2 is 1.85 bits per heavy atom. The van der Waals surface area contributed by atoms with Crippen molar-refractivity contribution in [2.75, 3.05) is 11.6 Å². The fourth-order valence-corrected chi connectivity index (χ4v) is 3.67. The molecule has 20 heavy (non-hydrogen) atoms. The molecule has 1 heterocycles. The summed E-state index contributed by atoms with van der Waals surface area (Å²) in [6, 6.07) is 16.9. The maximum absolute atomic E-state index is 4.71. The van der Waals surface area contributed by atoms with Gasteiger partial charge >= 0.3 is 0 Å². The third kappa shape index (κ3) is 2.67. The van der Waals surface area contributed by atoms with E-state index in [9.17, 15) is 0 Å². The van der Waals surface area contributed by atoms with E-state index >= 15 is 0 Å². The minimum absolute atomic E-state index is 0.209. The monoisotopic (exact) mass is 300 g/mol. The van der Waals surface area contributed by atoms with Gasteiger partial charge < -0.3 is 5.32 Å². The highest BCUT2D eigenvalue weighted by Crippen LogP contribution is 2.31. The molecule has 102 valence electrons. The van der Waals surface area contributed by atoms with Crippen molar-refractivity contribution < 1.29 is 0 Å². The fourth-order valence-electron chi connectivity index (χ4n) is 2.13. The first-order valence-electron chi connectivity index (χ1n) is 6.53. The van der Waals surface area contributed by atoms with E-state index in [1.54, 1.807) is 23.1 Å². The van der Waals surface area contributed by atoms with E-state index in [2.05, 4.69) is 61.0 Å². The van der Waals surface area contributed by atoms with Crippen LogP contribution in [-0.4, -0.2) is 11.2 Å². The molecule has 0 amide bonds. The fraction of sp³-hybridized carbons (Fsp3) is 0.188. The second-order valence-corrected chi connectivity index (χ2v) is 6.50. The van der Waals surface area contributed by atoms with Crippen molar-refractivity contribution >= 4 is 39.0 Å². The summed E-state index contributed by atoms with van der Waals surface area (Å²) in [5.41, 5.74) is 2.26. The molecule has 4 heteroatoms. The van der Waals surface area contributed by atoms with Crippen LogP contribution >= 0.6 is 23.1 Å². The second kappa shape index (κ2) is 5.85. The first-order chi connectivity index (χ1) is 9.78. The number of hydrogen-bond donors (Lipinski definition) is 1. The van der Waals surface area contributed by atoms with Crippen LogP contribution in [0.3, 0.4) is 0 Å². The van der Waals surface area contributed by atoms with Gasteiger partial charge in [0.1, 0.15) is 5.01 Å². The van der Waals surface area contributed by atoms with Gasteiger partial charge in [-0.15, -0.1) is 23.1 Å². The van der Waals surface area contributed by atoms with Crippen molar-refractivity contribution in [3.8, 4) is 0 Å². The van der Waals surface area contributed by atoms with Crippen LogP contribution in [0.1, 0.15) is 18.0 Å². The van der Waals surface area contributed by atoms with E-state index in [0.29, 0.717) is 0 Å². The summed E-state index contributed by atoms with van der Waals surface area (Å²) in [6.07, 6.45) is 2.10. The summed E-state index contributed by atoms with van der Waals surface area (Å²) in [4.78, 5) is 5.98. The average molecular weight is 300 g/mol. The highest BCUT2D eigenvalue weighted by atomic mass is 32.2. The zero-order valence-corrected chi connectivity index (χ0v) is 13.1. The second-order valence-electron chi connectivity index (χ2n) is 4.59. The first kappa shape index (κ1) is 13.5. The minimum atomic E-state index is 0.209. The number of fused-ring (bicyclic) bond motifs is 1. The molecule has 3 aromatic rings. The lowest BCUT2D eigenvalue weighted by molar-refractivity contribution is 0.869. The smallest absolute Gasteiger partial charge is 0.116 e. The molecular formula is C16H16N2S2. The van der Waals surface area contributed by atoms with E-state index in [-0.39, 0.29) is 6.04 Å². The number of benzene rings is 2. The van der Waals surface area contributed by atoms with Gasteiger partial charge in [-0.1, -0.05) is 24.3 Å². The van der Waals surface area contributed by atoms with Gasteiger partial charge in [-0.25, -0.2) is 4.98 Å². The van der Waals surface area contributed by atoms with Crippen LogP contribution in [0.5, 0.6) is 0 Å². The topological polar surface area (TPSA) is 24.9 Å². The number of aromatic nitrogens is 1. The summed E-state index contributed by atoms with van der Waals surface area (Å²) >= 11 is 3.52. The molecule has 0 fully saturated rings. The number of para-hydroxylation sites is 2. The van der Waals surface area contributed by atoms with Gasteiger partial charge in [-0.2, -0.15) is 0 Å². The average Bonchev–Trinajstić information content (AvgIpc) is 2.92. The van der Waals surface area contributed by atoms with E-state index in [1.807, 2.05) is 6.07 Å². The molecule has 0 aliphatic rings. The third-order valence-corrected chi connectivity index (χ3v) is 5.17. The lowest BCUT2D eigenvalue weighted by Crippen LogP contribution is -2.06. The maximum atomic E-state index is 4.71. The Kier molecular flexibility index (Phi) is 3.94. The standard InChI is InChI=1S/C16H16N2S2/c1-11(17-12-7-3-5-9-14(12)19-2)16-18-13-8-4-6-10-15(13)20-16/h3-11,17H,1-2H3. The third-order valence-electron chi connectivity index (χ3n) is 3.16. The van der Waals surface area contributed by atoms with Gasteiger partial charge in [0.15, 0.2) is 0 Å². The minimum Gasteiger partial charge on any atom is -0.375 e. The molecule has 0 aliphatic heterocycles. The summed E-state index contributed by atoms with van der Waals surface area (Å²) in [7, 11) is 0. The van der Waals surface area contributed by atoms with Crippen molar-refractivity contribution in [1.29, 1.82) is 0 Å². The van der Waals surface area contributed by atoms with Gasteiger partial charge in [0, 0.05) is 10.6 Å². The van der Waals surface area contributed by atoms with Gasteiger partial charge in [-0.3, -0.25) is 0 Å². The Labute approximate surface area is 127 Å². The van der Waals surface area contributed by atoms with Gasteiger partial charge in [0.05, 0.1) is 16.3 Å². The molecule has 1 aromatic heterocycles. The molecular weight excluding hydrogens is 284 g/mol. The first-order valence-corrected chi connectivity index (χ1v) is 8.57. The Hall–Kier alpha value is -1.52. The highest BCUT2D eigenvalue weighted by molar-refractivity contribution is 7.98. The Bertz CT molecular complexity index is 688. The number of rotatable bonds is 4. The van der Waals surface area contributed by atoms with Crippen molar-refractivity contribution in [2.24, 2.45) is 0 Å². The summed E-state index contributed by atoms with van der Waals surface area (Å²) in [5.74, 6) is 0. The molecule has 0 bridgehead atoms. The Morgan fingerprint density at radius 1 is 1.10 bits per heavy atom. The molecule has 2 nitrogen and oxygen atoms in total. The molecule has 2 aromatic carbocycles. The number of thioether (sulfide) groups is 1. The lowest BCUT2D eigenvalue weighted by Gasteiger charge is -2.15. The lowest BCUT2D eigenvalue weighted by atomic mass is 10.2. The van der Waals surface area contributed by atoms with Gasteiger partial charge in [0.25, 0.3) is 0 Å².